The number of carbonyl (C=O) groups is 1. The molecular formula is C27H23N3O2. The monoisotopic (exact) mass is 421 g/mol. The lowest BCUT2D eigenvalue weighted by Crippen LogP contribution is -2.26. The van der Waals surface area contributed by atoms with Gasteiger partial charge >= 0.3 is 0 Å². The summed E-state index contributed by atoms with van der Waals surface area (Å²) in [6.07, 6.45) is 0.669. The summed E-state index contributed by atoms with van der Waals surface area (Å²) in [6, 6.07) is 28.9. The molecule has 4 rings (SSSR count). The Balaban J connectivity index is 1.46. The van der Waals surface area contributed by atoms with E-state index in [2.05, 4.69) is 11.4 Å². The average molecular weight is 422 g/mol. The number of nitriles is 1. The van der Waals surface area contributed by atoms with Crippen LogP contribution in [-0.2, 0) is 11.2 Å². The first kappa shape index (κ1) is 21.1. The van der Waals surface area contributed by atoms with Crippen molar-refractivity contribution >= 4 is 5.91 Å². The molecule has 5 heteroatoms. The van der Waals surface area contributed by atoms with Gasteiger partial charge in [-0.1, -0.05) is 72.8 Å². The van der Waals surface area contributed by atoms with E-state index >= 15 is 0 Å². The van der Waals surface area contributed by atoms with Crippen LogP contribution in [0, 0.1) is 11.3 Å². The summed E-state index contributed by atoms with van der Waals surface area (Å²) in [5.41, 5.74) is 4.24. The van der Waals surface area contributed by atoms with Crippen LogP contribution in [0.4, 0.5) is 0 Å². The average Bonchev–Trinajstić information content (AvgIpc) is 3.28. The molecule has 0 aliphatic carbocycles. The maximum Gasteiger partial charge on any atom is 0.220 e. The van der Waals surface area contributed by atoms with Crippen LogP contribution in [0.1, 0.15) is 36.4 Å². The number of aryl methyl sites for hydroxylation is 1. The van der Waals surface area contributed by atoms with Crippen molar-refractivity contribution in [3.05, 3.63) is 102 Å². The summed E-state index contributed by atoms with van der Waals surface area (Å²) >= 11 is 0. The second kappa shape index (κ2) is 9.76. The van der Waals surface area contributed by atoms with E-state index in [0.29, 0.717) is 23.6 Å². The summed E-state index contributed by atoms with van der Waals surface area (Å²) in [5.74, 6) is 1.16. The molecule has 0 saturated carbocycles. The minimum atomic E-state index is -0.153. The van der Waals surface area contributed by atoms with E-state index in [4.69, 9.17) is 14.7 Å². The van der Waals surface area contributed by atoms with Gasteiger partial charge < -0.3 is 9.73 Å². The number of nitrogens with zero attached hydrogens (tertiary/aromatic N) is 2. The number of rotatable bonds is 7. The number of hydrogen-bond acceptors (Lipinski definition) is 4. The van der Waals surface area contributed by atoms with Gasteiger partial charge in [0.25, 0.3) is 0 Å². The van der Waals surface area contributed by atoms with Gasteiger partial charge in [-0.25, -0.2) is 4.98 Å². The fourth-order valence-corrected chi connectivity index (χ4v) is 3.51. The Morgan fingerprint density at radius 2 is 1.59 bits per heavy atom. The summed E-state index contributed by atoms with van der Waals surface area (Å²) in [7, 11) is 0. The summed E-state index contributed by atoms with van der Waals surface area (Å²) in [5, 5.41) is 11.9. The second-order valence-electron chi connectivity index (χ2n) is 7.54. The van der Waals surface area contributed by atoms with E-state index in [1.54, 1.807) is 12.1 Å². The number of nitrogens with one attached hydrogen (secondary N) is 1. The van der Waals surface area contributed by atoms with Crippen molar-refractivity contribution in [2.45, 2.75) is 25.8 Å². The van der Waals surface area contributed by atoms with E-state index in [1.807, 2.05) is 79.7 Å². The van der Waals surface area contributed by atoms with Gasteiger partial charge in [0.2, 0.25) is 5.91 Å². The second-order valence-corrected chi connectivity index (χ2v) is 7.54. The predicted molar refractivity (Wildman–Crippen MR) is 123 cm³/mol. The summed E-state index contributed by atoms with van der Waals surface area (Å²) in [4.78, 5) is 17.2. The molecule has 0 radical (unpaired) electrons. The van der Waals surface area contributed by atoms with Gasteiger partial charge in [0.1, 0.15) is 5.69 Å². The van der Waals surface area contributed by atoms with Crippen LogP contribution in [0.2, 0.25) is 0 Å². The van der Waals surface area contributed by atoms with Crippen LogP contribution in [0.3, 0.4) is 0 Å². The predicted octanol–water partition coefficient (Wildman–Crippen LogP) is 5.69. The van der Waals surface area contributed by atoms with Gasteiger partial charge in [0.05, 0.1) is 17.7 Å². The van der Waals surface area contributed by atoms with Gasteiger partial charge in [-0.15, -0.1) is 0 Å². The van der Waals surface area contributed by atoms with E-state index in [9.17, 15) is 4.79 Å². The molecule has 1 amide bonds. The fourth-order valence-electron chi connectivity index (χ4n) is 3.51. The van der Waals surface area contributed by atoms with Crippen LogP contribution in [-0.4, -0.2) is 10.9 Å². The third-order valence-corrected chi connectivity index (χ3v) is 5.24. The molecule has 1 N–H and O–H groups in total. The smallest absolute Gasteiger partial charge is 0.220 e. The highest BCUT2D eigenvalue weighted by atomic mass is 16.4. The van der Waals surface area contributed by atoms with Crippen molar-refractivity contribution in [1.29, 1.82) is 5.26 Å². The largest absolute Gasteiger partial charge is 0.440 e. The van der Waals surface area contributed by atoms with E-state index in [1.165, 1.54) is 0 Å². The summed E-state index contributed by atoms with van der Waals surface area (Å²) < 4.78 is 6.10. The lowest BCUT2D eigenvalue weighted by molar-refractivity contribution is -0.121. The van der Waals surface area contributed by atoms with Crippen molar-refractivity contribution in [3.8, 4) is 28.7 Å². The van der Waals surface area contributed by atoms with Gasteiger partial charge in [-0.3, -0.25) is 4.79 Å². The quantitative estimate of drug-likeness (QED) is 0.416. The Morgan fingerprint density at radius 3 is 2.22 bits per heavy atom. The van der Waals surface area contributed by atoms with Crippen LogP contribution >= 0.6 is 0 Å². The highest BCUT2D eigenvalue weighted by molar-refractivity contribution is 5.78. The van der Waals surface area contributed by atoms with E-state index in [-0.39, 0.29) is 18.4 Å². The molecule has 0 saturated heterocycles. The Kier molecular flexibility index (Phi) is 6.43. The fraction of sp³-hybridized carbons (Fsp3) is 0.148. The highest BCUT2D eigenvalue weighted by Crippen LogP contribution is 2.32. The Morgan fingerprint density at radius 1 is 0.969 bits per heavy atom. The van der Waals surface area contributed by atoms with Gasteiger partial charge in [0.15, 0.2) is 11.7 Å². The number of benzene rings is 3. The maximum atomic E-state index is 12.5. The Hall–Kier alpha value is -4.17. The van der Waals surface area contributed by atoms with Crippen molar-refractivity contribution < 1.29 is 9.21 Å². The number of amides is 1. The van der Waals surface area contributed by atoms with E-state index < -0.39 is 0 Å². The van der Waals surface area contributed by atoms with Gasteiger partial charge in [0, 0.05) is 24.0 Å². The van der Waals surface area contributed by atoms with Crippen LogP contribution in [0.25, 0.3) is 22.6 Å². The van der Waals surface area contributed by atoms with Crippen molar-refractivity contribution in [1.82, 2.24) is 10.3 Å². The molecule has 4 aromatic rings. The lowest BCUT2D eigenvalue weighted by atomic mass is 10.1. The SMILES string of the molecule is C[C@@H](NC(=O)CCc1nc(-c2ccccc2)c(-c2ccccc2)o1)c1ccc(C#N)cc1. The standard InChI is InChI=1S/C27H23N3O2/c1-19(21-14-12-20(18-28)13-15-21)29-24(31)16-17-25-30-26(22-8-4-2-5-9-22)27(32-25)23-10-6-3-7-11-23/h2-15,19H,16-17H2,1H3,(H,29,31)/t19-/m1/s1. The molecule has 3 aromatic carbocycles. The maximum absolute atomic E-state index is 12.5. The topological polar surface area (TPSA) is 78.9 Å². The molecule has 0 unspecified atom stereocenters. The third kappa shape index (κ3) is 4.93. The molecule has 0 aliphatic heterocycles. The number of hydrogen-bond donors (Lipinski definition) is 1. The van der Waals surface area contributed by atoms with Crippen LogP contribution in [0.5, 0.6) is 0 Å². The van der Waals surface area contributed by atoms with Crippen LogP contribution < -0.4 is 5.32 Å². The minimum Gasteiger partial charge on any atom is -0.440 e. The molecule has 0 fully saturated rings. The molecule has 1 atom stereocenters. The number of aromatic nitrogens is 1. The number of carbonyl (C=O) groups excluding carboxylic acids is 1. The molecule has 0 spiro atoms. The third-order valence-electron chi connectivity index (χ3n) is 5.24. The molecule has 5 nitrogen and oxygen atoms in total. The van der Waals surface area contributed by atoms with Crippen molar-refractivity contribution in [2.75, 3.05) is 0 Å². The minimum absolute atomic E-state index is 0.0809. The first-order chi connectivity index (χ1) is 15.6. The zero-order chi connectivity index (χ0) is 22.3. The van der Waals surface area contributed by atoms with E-state index in [0.717, 1.165) is 22.4 Å². The summed E-state index contributed by atoms with van der Waals surface area (Å²) in [6.45, 7) is 1.92. The molecule has 32 heavy (non-hydrogen) atoms. The Labute approximate surface area is 187 Å². The highest BCUT2D eigenvalue weighted by Gasteiger charge is 2.18. The molecule has 0 aliphatic rings. The molecule has 0 bridgehead atoms. The zero-order valence-corrected chi connectivity index (χ0v) is 17.8. The normalized spacial score (nSPS) is 11.5. The number of oxazole rings is 1. The van der Waals surface area contributed by atoms with Crippen molar-refractivity contribution in [2.24, 2.45) is 0 Å². The molecule has 1 aromatic heterocycles. The first-order valence-corrected chi connectivity index (χ1v) is 10.5. The lowest BCUT2D eigenvalue weighted by Gasteiger charge is -2.14. The molecule has 1 heterocycles. The first-order valence-electron chi connectivity index (χ1n) is 10.5. The van der Waals surface area contributed by atoms with Crippen LogP contribution in [0.15, 0.2) is 89.3 Å². The zero-order valence-electron chi connectivity index (χ0n) is 17.8. The Bertz CT molecular complexity index is 1170. The van der Waals surface area contributed by atoms with Crippen molar-refractivity contribution in [3.63, 3.8) is 0 Å². The van der Waals surface area contributed by atoms with Gasteiger partial charge in [-0.2, -0.15) is 5.26 Å². The molecule has 158 valence electrons. The molecular weight excluding hydrogens is 398 g/mol. The van der Waals surface area contributed by atoms with Gasteiger partial charge in [-0.05, 0) is 24.6 Å².